The highest BCUT2D eigenvalue weighted by Crippen LogP contribution is 2.55. The van der Waals surface area contributed by atoms with E-state index in [0.29, 0.717) is 62.2 Å². The van der Waals surface area contributed by atoms with E-state index in [0.717, 1.165) is 5.56 Å². The third kappa shape index (κ3) is 3.85. The zero-order valence-electron chi connectivity index (χ0n) is 23.2. The van der Waals surface area contributed by atoms with E-state index in [9.17, 15) is 9.59 Å². The molecule has 0 saturated carbocycles. The summed E-state index contributed by atoms with van der Waals surface area (Å²) in [6, 6.07) is 15.8. The fraction of sp³-hybridized carbons (Fsp3) is 0.258. The van der Waals surface area contributed by atoms with Gasteiger partial charge in [0.2, 0.25) is 0 Å². The van der Waals surface area contributed by atoms with Crippen LogP contribution in [0.2, 0.25) is 10.0 Å². The number of imidazole rings is 1. The van der Waals surface area contributed by atoms with Gasteiger partial charge in [0, 0.05) is 33.4 Å². The maximum Gasteiger partial charge on any atom is 0.280 e. The van der Waals surface area contributed by atoms with Crippen molar-refractivity contribution >= 4 is 46.4 Å². The summed E-state index contributed by atoms with van der Waals surface area (Å²) in [4.78, 5) is 35.3. The summed E-state index contributed by atoms with van der Waals surface area (Å²) in [6.45, 7) is 8.28. The standard InChI is InChI=1S/C31H28Cl2N4O4/c1-6-41-20-10-11-21(25(15-20)40-5)28-35-26-27(36(28)16(2)3)31(22-12-9-18(32)13-23(22)34-30(31)39)37(29(26)38)24-14-19(33)8-7-17(24)4/h7-16H,6H2,1-5H3,(H,34,39). The van der Waals surface area contributed by atoms with Crippen LogP contribution in [0.3, 0.4) is 0 Å². The molecule has 2 aliphatic rings. The third-order valence-corrected chi connectivity index (χ3v) is 8.07. The Bertz CT molecular complexity index is 1750. The number of amides is 2. The van der Waals surface area contributed by atoms with Gasteiger partial charge in [-0.2, -0.15) is 0 Å². The number of rotatable bonds is 6. The van der Waals surface area contributed by atoms with Gasteiger partial charge in [0.15, 0.2) is 11.2 Å². The van der Waals surface area contributed by atoms with E-state index in [1.807, 2.05) is 50.5 Å². The Labute approximate surface area is 247 Å². The quantitative estimate of drug-likeness (QED) is 0.261. The Hall–Kier alpha value is -4.01. The van der Waals surface area contributed by atoms with Crippen LogP contribution in [0.25, 0.3) is 11.4 Å². The minimum Gasteiger partial charge on any atom is -0.496 e. The van der Waals surface area contributed by atoms with Crippen LogP contribution in [-0.2, 0) is 10.3 Å². The number of methoxy groups -OCH3 is 1. The van der Waals surface area contributed by atoms with Crippen molar-refractivity contribution in [3.05, 3.63) is 87.2 Å². The monoisotopic (exact) mass is 590 g/mol. The Morgan fingerprint density at radius 2 is 1.76 bits per heavy atom. The van der Waals surface area contributed by atoms with Crippen molar-refractivity contribution in [1.82, 2.24) is 9.55 Å². The third-order valence-electron chi connectivity index (χ3n) is 7.60. The van der Waals surface area contributed by atoms with Gasteiger partial charge in [-0.25, -0.2) is 4.98 Å². The lowest BCUT2D eigenvalue weighted by Crippen LogP contribution is -2.51. The average Bonchev–Trinajstić information content (AvgIpc) is 3.54. The van der Waals surface area contributed by atoms with Gasteiger partial charge >= 0.3 is 0 Å². The SMILES string of the molecule is CCOc1ccc(-c2nc3c(n2C(C)C)C2(C(=O)Nc4cc(Cl)ccc42)N(c2cc(Cl)ccc2C)C3=O)c(OC)c1. The largest absolute Gasteiger partial charge is 0.496 e. The number of anilines is 2. The molecule has 3 aromatic carbocycles. The molecule has 1 unspecified atom stereocenters. The lowest BCUT2D eigenvalue weighted by Gasteiger charge is -2.36. The summed E-state index contributed by atoms with van der Waals surface area (Å²) in [6.07, 6.45) is 0. The first kappa shape index (κ1) is 27.2. The minimum absolute atomic E-state index is 0.182. The first-order chi connectivity index (χ1) is 19.6. The second-order valence-corrected chi connectivity index (χ2v) is 11.2. The van der Waals surface area contributed by atoms with Crippen LogP contribution in [0.4, 0.5) is 11.4 Å². The summed E-state index contributed by atoms with van der Waals surface area (Å²) in [7, 11) is 1.58. The van der Waals surface area contributed by atoms with E-state index < -0.39 is 11.4 Å². The second-order valence-electron chi connectivity index (χ2n) is 10.3. The number of aromatic nitrogens is 2. The topological polar surface area (TPSA) is 85.7 Å². The van der Waals surface area contributed by atoms with Crippen molar-refractivity contribution in [2.75, 3.05) is 23.9 Å². The Morgan fingerprint density at radius 1 is 1.02 bits per heavy atom. The molecular weight excluding hydrogens is 563 g/mol. The van der Waals surface area contributed by atoms with Gasteiger partial charge in [0.1, 0.15) is 17.3 Å². The first-order valence-electron chi connectivity index (χ1n) is 13.3. The minimum atomic E-state index is -1.56. The molecule has 1 spiro atoms. The van der Waals surface area contributed by atoms with Crippen molar-refractivity contribution in [3.63, 3.8) is 0 Å². The van der Waals surface area contributed by atoms with Gasteiger partial charge in [-0.05, 0) is 69.7 Å². The second kappa shape index (κ2) is 9.82. The van der Waals surface area contributed by atoms with E-state index >= 15 is 0 Å². The average molecular weight is 591 g/mol. The van der Waals surface area contributed by atoms with Crippen LogP contribution in [-0.4, -0.2) is 35.1 Å². The fourth-order valence-electron chi connectivity index (χ4n) is 5.94. The molecule has 1 aromatic heterocycles. The van der Waals surface area contributed by atoms with Crippen molar-refractivity contribution in [1.29, 1.82) is 0 Å². The number of nitrogens with one attached hydrogen (secondary N) is 1. The van der Waals surface area contributed by atoms with E-state index in [1.165, 1.54) is 4.90 Å². The number of carbonyl (C=O) groups is 2. The smallest absolute Gasteiger partial charge is 0.280 e. The maximum atomic E-state index is 14.5. The molecule has 10 heteroatoms. The first-order valence-corrected chi connectivity index (χ1v) is 14.0. The maximum absolute atomic E-state index is 14.5. The summed E-state index contributed by atoms with van der Waals surface area (Å²) in [5.41, 5.74) is 2.21. The number of benzene rings is 3. The summed E-state index contributed by atoms with van der Waals surface area (Å²) in [5, 5.41) is 3.90. The zero-order valence-corrected chi connectivity index (χ0v) is 24.7. The Morgan fingerprint density at radius 3 is 2.46 bits per heavy atom. The molecule has 3 heterocycles. The van der Waals surface area contributed by atoms with Crippen molar-refractivity contribution in [2.24, 2.45) is 0 Å². The zero-order chi connectivity index (χ0) is 29.2. The van der Waals surface area contributed by atoms with Crippen LogP contribution < -0.4 is 19.7 Å². The molecule has 2 amide bonds. The van der Waals surface area contributed by atoms with Gasteiger partial charge < -0.3 is 19.4 Å². The molecule has 0 aliphatic carbocycles. The summed E-state index contributed by atoms with van der Waals surface area (Å²) in [5.74, 6) is 0.908. The van der Waals surface area contributed by atoms with Gasteiger partial charge in [-0.15, -0.1) is 0 Å². The summed E-state index contributed by atoms with van der Waals surface area (Å²) >= 11 is 12.8. The normalized spacial score (nSPS) is 17.3. The van der Waals surface area contributed by atoms with E-state index in [4.69, 9.17) is 37.7 Å². The molecule has 2 aliphatic heterocycles. The molecule has 1 N–H and O–H groups in total. The van der Waals surface area contributed by atoms with Crippen LogP contribution in [0.15, 0.2) is 54.6 Å². The Balaban J connectivity index is 1.70. The molecule has 4 aromatic rings. The predicted molar refractivity (Wildman–Crippen MR) is 160 cm³/mol. The highest BCUT2D eigenvalue weighted by Gasteiger charge is 2.64. The van der Waals surface area contributed by atoms with Crippen LogP contribution in [0.5, 0.6) is 11.5 Å². The summed E-state index contributed by atoms with van der Waals surface area (Å²) < 4.78 is 13.4. The molecular formula is C31H28Cl2N4O4. The number of hydrogen-bond acceptors (Lipinski definition) is 5. The van der Waals surface area contributed by atoms with Crippen LogP contribution in [0, 0.1) is 6.92 Å². The van der Waals surface area contributed by atoms with E-state index in [1.54, 1.807) is 43.5 Å². The number of ether oxygens (including phenoxy) is 2. The van der Waals surface area contributed by atoms with Gasteiger partial charge in [0.25, 0.3) is 11.8 Å². The molecule has 6 rings (SSSR count). The van der Waals surface area contributed by atoms with E-state index in [-0.39, 0.29) is 17.6 Å². The van der Waals surface area contributed by atoms with E-state index in [2.05, 4.69) is 5.32 Å². The molecule has 0 fully saturated rings. The number of fused-ring (bicyclic) bond motifs is 4. The van der Waals surface area contributed by atoms with Gasteiger partial charge in [-0.3, -0.25) is 14.5 Å². The predicted octanol–water partition coefficient (Wildman–Crippen LogP) is 7.01. The molecule has 41 heavy (non-hydrogen) atoms. The van der Waals surface area contributed by atoms with Crippen LogP contribution >= 0.6 is 23.2 Å². The number of hydrogen-bond donors (Lipinski definition) is 1. The molecule has 8 nitrogen and oxygen atoms in total. The molecule has 1 atom stereocenters. The fourth-order valence-corrected chi connectivity index (χ4v) is 6.28. The molecule has 0 bridgehead atoms. The molecule has 0 radical (unpaired) electrons. The lowest BCUT2D eigenvalue weighted by atomic mass is 9.86. The number of carbonyl (C=O) groups excluding carboxylic acids is 2. The molecule has 0 saturated heterocycles. The van der Waals surface area contributed by atoms with Gasteiger partial charge in [-0.1, -0.05) is 35.3 Å². The number of aryl methyl sites for hydroxylation is 1. The van der Waals surface area contributed by atoms with Gasteiger partial charge in [0.05, 0.1) is 30.7 Å². The molecule has 210 valence electrons. The van der Waals surface area contributed by atoms with Crippen molar-refractivity contribution in [2.45, 2.75) is 39.3 Å². The number of nitrogens with zero attached hydrogens (tertiary/aromatic N) is 3. The van der Waals surface area contributed by atoms with Crippen molar-refractivity contribution < 1.29 is 19.1 Å². The Kier molecular flexibility index (Phi) is 6.51. The lowest BCUT2D eigenvalue weighted by molar-refractivity contribution is -0.119. The van der Waals surface area contributed by atoms with Crippen LogP contribution in [0.1, 0.15) is 54.1 Å². The highest BCUT2D eigenvalue weighted by atomic mass is 35.5. The number of halogens is 2. The highest BCUT2D eigenvalue weighted by molar-refractivity contribution is 6.32. The van der Waals surface area contributed by atoms with Crippen molar-refractivity contribution in [3.8, 4) is 22.9 Å².